The number of hydrogen-bond acceptors (Lipinski definition) is 5. The molecule has 0 saturated heterocycles. The van der Waals surface area contributed by atoms with Gasteiger partial charge in [-0.2, -0.15) is 0 Å². The summed E-state index contributed by atoms with van der Waals surface area (Å²) in [6, 6.07) is 15.1. The van der Waals surface area contributed by atoms with Crippen molar-refractivity contribution in [1.29, 1.82) is 0 Å². The first-order valence-corrected chi connectivity index (χ1v) is 10.7. The third-order valence-corrected chi connectivity index (χ3v) is 5.57. The molecular formula is C25H31NO5. The van der Waals surface area contributed by atoms with Gasteiger partial charge in [0, 0.05) is 19.5 Å². The first-order chi connectivity index (χ1) is 14.8. The van der Waals surface area contributed by atoms with Gasteiger partial charge < -0.3 is 19.8 Å². The molecule has 6 nitrogen and oxygen atoms in total. The zero-order valence-electron chi connectivity index (χ0n) is 18.3. The van der Waals surface area contributed by atoms with Gasteiger partial charge in [-0.3, -0.25) is 9.59 Å². The van der Waals surface area contributed by atoms with Crippen LogP contribution in [0.25, 0.3) is 0 Å². The molecular weight excluding hydrogens is 394 g/mol. The van der Waals surface area contributed by atoms with Crippen LogP contribution in [0.1, 0.15) is 49.8 Å². The third kappa shape index (κ3) is 5.71. The molecule has 31 heavy (non-hydrogen) atoms. The zero-order valence-corrected chi connectivity index (χ0v) is 18.3. The number of ether oxygens (including phenoxy) is 1. The zero-order chi connectivity index (χ0) is 22.5. The van der Waals surface area contributed by atoms with Gasteiger partial charge in [-0.15, -0.1) is 0 Å². The number of nitrogens with zero attached hydrogens (tertiary/aromatic N) is 1. The van der Waals surface area contributed by atoms with Crippen molar-refractivity contribution >= 4 is 11.7 Å². The first-order valence-electron chi connectivity index (χ1n) is 10.7. The lowest BCUT2D eigenvalue weighted by Crippen LogP contribution is -2.46. The van der Waals surface area contributed by atoms with E-state index >= 15 is 0 Å². The molecule has 1 heterocycles. The van der Waals surface area contributed by atoms with E-state index in [2.05, 4.69) is 13.8 Å². The van der Waals surface area contributed by atoms with Crippen LogP contribution >= 0.6 is 0 Å². The maximum absolute atomic E-state index is 12.6. The van der Waals surface area contributed by atoms with E-state index in [4.69, 9.17) is 4.74 Å². The highest BCUT2D eigenvalue weighted by atomic mass is 16.5. The van der Waals surface area contributed by atoms with Crippen molar-refractivity contribution in [3.05, 3.63) is 65.2 Å². The molecule has 1 aliphatic rings. The van der Waals surface area contributed by atoms with Crippen molar-refractivity contribution in [2.45, 2.75) is 58.4 Å². The lowest BCUT2D eigenvalue weighted by molar-refractivity contribution is -0.152. The van der Waals surface area contributed by atoms with Gasteiger partial charge in [-0.25, -0.2) is 0 Å². The molecule has 1 amide bonds. The molecule has 0 saturated carbocycles. The number of aliphatic hydroxyl groups is 2. The van der Waals surface area contributed by atoms with E-state index in [-0.39, 0.29) is 12.3 Å². The van der Waals surface area contributed by atoms with Crippen LogP contribution in [-0.4, -0.2) is 45.6 Å². The summed E-state index contributed by atoms with van der Waals surface area (Å²) in [4.78, 5) is 26.6. The molecule has 6 heteroatoms. The smallest absolute Gasteiger partial charge is 0.255 e. The van der Waals surface area contributed by atoms with Crippen molar-refractivity contribution in [3.63, 3.8) is 0 Å². The molecule has 0 aliphatic carbocycles. The number of rotatable bonds is 9. The van der Waals surface area contributed by atoms with Crippen LogP contribution in [0.2, 0.25) is 0 Å². The van der Waals surface area contributed by atoms with Crippen LogP contribution in [0.4, 0.5) is 0 Å². The normalized spacial score (nSPS) is 16.0. The van der Waals surface area contributed by atoms with E-state index in [1.807, 2.05) is 55.5 Å². The summed E-state index contributed by atoms with van der Waals surface area (Å²) < 4.78 is 5.67. The van der Waals surface area contributed by atoms with Gasteiger partial charge in [0.25, 0.3) is 5.91 Å². The van der Waals surface area contributed by atoms with Gasteiger partial charge in [0.15, 0.2) is 11.9 Å². The molecule has 0 radical (unpaired) electrons. The Morgan fingerprint density at radius 3 is 2.06 bits per heavy atom. The Balaban J connectivity index is 1.54. The summed E-state index contributed by atoms with van der Waals surface area (Å²) in [6.07, 6.45) is -3.48. The van der Waals surface area contributed by atoms with Crippen molar-refractivity contribution in [1.82, 2.24) is 4.90 Å². The van der Waals surface area contributed by atoms with Crippen LogP contribution in [0, 0.1) is 5.92 Å². The van der Waals surface area contributed by atoms with E-state index in [9.17, 15) is 19.8 Å². The molecule has 3 atom stereocenters. The largest absolute Gasteiger partial charge is 0.493 e. The highest BCUT2D eigenvalue weighted by molar-refractivity contribution is 5.92. The van der Waals surface area contributed by atoms with Gasteiger partial charge in [0.05, 0.1) is 6.61 Å². The Hall–Kier alpha value is -2.70. The molecule has 0 fully saturated rings. The minimum atomic E-state index is -1.76. The molecule has 2 N–H and O–H groups in total. The van der Waals surface area contributed by atoms with Crippen LogP contribution < -0.4 is 4.74 Å². The number of ketones is 1. The summed E-state index contributed by atoms with van der Waals surface area (Å²) in [6.45, 7) is 7.40. The van der Waals surface area contributed by atoms with Gasteiger partial charge >= 0.3 is 0 Å². The number of amides is 1. The summed E-state index contributed by atoms with van der Waals surface area (Å²) in [5, 5.41) is 20.7. The molecule has 0 bridgehead atoms. The lowest BCUT2D eigenvalue weighted by Gasteiger charge is -2.23. The minimum absolute atomic E-state index is 0.0257. The lowest BCUT2D eigenvalue weighted by atomic mass is 9.92. The van der Waals surface area contributed by atoms with Gasteiger partial charge in [-0.05, 0) is 40.7 Å². The average molecular weight is 426 g/mol. The van der Waals surface area contributed by atoms with Crippen molar-refractivity contribution < 1.29 is 24.5 Å². The Morgan fingerprint density at radius 2 is 1.52 bits per heavy atom. The molecule has 0 aromatic heterocycles. The molecule has 1 aliphatic heterocycles. The maximum atomic E-state index is 12.6. The summed E-state index contributed by atoms with van der Waals surface area (Å²) in [7, 11) is 0. The van der Waals surface area contributed by atoms with E-state index < -0.39 is 23.9 Å². The maximum Gasteiger partial charge on any atom is 0.255 e. The summed E-state index contributed by atoms with van der Waals surface area (Å²) in [5.41, 5.74) is 2.95. The highest BCUT2D eigenvalue weighted by Crippen LogP contribution is 2.25. The quantitative estimate of drug-likeness (QED) is 0.645. The fourth-order valence-electron chi connectivity index (χ4n) is 3.68. The Morgan fingerprint density at radius 1 is 0.935 bits per heavy atom. The topological polar surface area (TPSA) is 87.1 Å². The van der Waals surface area contributed by atoms with Gasteiger partial charge in [0.2, 0.25) is 0 Å². The average Bonchev–Trinajstić information content (AvgIpc) is 3.20. The minimum Gasteiger partial charge on any atom is -0.493 e. The standard InChI is InChI=1S/C25H31NO5/c1-16(2)15-31-21-10-8-18(9-11-21)17(3)12-22(27)23(28)24(29)25(30)26-13-19-6-4-5-7-20(19)14-26/h4-11,16-17,23-24,28-29H,12-15H2,1-3H3/t17-,23-,24+/m0/s1. The Kier molecular flexibility index (Phi) is 7.46. The Labute approximate surface area is 183 Å². The number of fused-ring (bicyclic) bond motifs is 1. The van der Waals surface area contributed by atoms with Crippen LogP contribution in [0.3, 0.4) is 0 Å². The van der Waals surface area contributed by atoms with E-state index in [1.54, 1.807) is 0 Å². The molecule has 3 rings (SSSR count). The fourth-order valence-corrected chi connectivity index (χ4v) is 3.68. The number of hydrogen-bond donors (Lipinski definition) is 2. The first kappa shape index (κ1) is 23.0. The molecule has 166 valence electrons. The van der Waals surface area contributed by atoms with Gasteiger partial charge in [-0.1, -0.05) is 57.2 Å². The number of benzene rings is 2. The van der Waals surface area contributed by atoms with Crippen molar-refractivity contribution in [3.8, 4) is 5.75 Å². The van der Waals surface area contributed by atoms with Crippen LogP contribution in [0.5, 0.6) is 5.75 Å². The molecule has 2 aromatic carbocycles. The monoisotopic (exact) mass is 425 g/mol. The number of Topliss-reactive ketones (excluding diaryl/α,β-unsaturated/α-hetero) is 1. The second kappa shape index (κ2) is 10.1. The predicted octanol–water partition coefficient (Wildman–Crippen LogP) is 3.05. The second-order valence-electron chi connectivity index (χ2n) is 8.70. The number of aliphatic hydroxyl groups excluding tert-OH is 2. The van der Waals surface area contributed by atoms with Gasteiger partial charge in [0.1, 0.15) is 11.9 Å². The molecule has 0 spiro atoms. The van der Waals surface area contributed by atoms with E-state index in [1.165, 1.54) is 4.90 Å². The van der Waals surface area contributed by atoms with Crippen molar-refractivity contribution in [2.75, 3.05) is 6.61 Å². The van der Waals surface area contributed by atoms with Crippen LogP contribution in [-0.2, 0) is 22.7 Å². The SMILES string of the molecule is CC(C)COc1ccc([C@@H](C)CC(=O)[C@H](O)[C@@H](O)C(=O)N2Cc3ccccc3C2)cc1. The Bertz CT molecular complexity index is 883. The highest BCUT2D eigenvalue weighted by Gasteiger charge is 2.35. The molecule has 0 unspecified atom stereocenters. The third-order valence-electron chi connectivity index (χ3n) is 5.57. The number of carbonyl (C=O) groups is 2. The van der Waals surface area contributed by atoms with E-state index in [0.29, 0.717) is 25.6 Å². The van der Waals surface area contributed by atoms with Crippen LogP contribution in [0.15, 0.2) is 48.5 Å². The summed E-state index contributed by atoms with van der Waals surface area (Å²) >= 11 is 0. The van der Waals surface area contributed by atoms with E-state index in [0.717, 1.165) is 22.4 Å². The molecule has 2 aromatic rings. The predicted molar refractivity (Wildman–Crippen MR) is 118 cm³/mol. The second-order valence-corrected chi connectivity index (χ2v) is 8.70. The number of carbonyl (C=O) groups excluding carboxylic acids is 2. The summed E-state index contributed by atoms with van der Waals surface area (Å²) in [5.74, 6) is -0.147. The van der Waals surface area contributed by atoms with Crippen molar-refractivity contribution in [2.24, 2.45) is 5.92 Å². The fraction of sp³-hybridized carbons (Fsp3) is 0.440.